The van der Waals surface area contributed by atoms with Gasteiger partial charge in [0.15, 0.2) is 0 Å². The van der Waals surface area contributed by atoms with Gasteiger partial charge in [0.25, 0.3) is 0 Å². The maximum Gasteiger partial charge on any atom is 0.340 e. The molecule has 0 saturated carbocycles. The minimum absolute atomic E-state index is 0.0317. The second-order valence-corrected chi connectivity index (χ2v) is 5.43. The largest absolute Gasteiger partial charge is 0.493 e. The Morgan fingerprint density at radius 2 is 1.00 bits per heavy atom. The van der Waals surface area contributed by atoms with E-state index in [0.717, 1.165) is 12.1 Å². The Balaban J connectivity index is 3.30. The molecule has 0 heterocycles. The first-order valence-electron chi connectivity index (χ1n) is 8.02. The van der Waals surface area contributed by atoms with Gasteiger partial charge in [-0.25, -0.2) is 19.2 Å². The molecule has 0 amide bonds. The van der Waals surface area contributed by atoms with Crippen molar-refractivity contribution in [2.75, 3.05) is 13.2 Å². The molecule has 0 saturated heterocycles. The number of rotatable bonds is 8. The highest BCUT2D eigenvalue weighted by molar-refractivity contribution is 6.24. The van der Waals surface area contributed by atoms with Crippen molar-refractivity contribution in [2.45, 2.75) is 13.8 Å². The first-order chi connectivity index (χ1) is 13.1. The normalized spacial score (nSPS) is 10.5. The van der Waals surface area contributed by atoms with Gasteiger partial charge in [-0.05, 0) is 26.0 Å². The maximum absolute atomic E-state index is 11.9. The second kappa shape index (κ2) is 7.82. The molecule has 0 spiro atoms. The number of ether oxygens (including phenoxy) is 2. The van der Waals surface area contributed by atoms with Gasteiger partial charge in [-0.1, -0.05) is 0 Å². The van der Waals surface area contributed by atoms with E-state index in [9.17, 15) is 39.6 Å². The van der Waals surface area contributed by atoms with E-state index in [0.29, 0.717) is 0 Å². The summed E-state index contributed by atoms with van der Waals surface area (Å²) in [5.74, 6) is -7.15. The summed E-state index contributed by atoms with van der Waals surface area (Å²) in [5.41, 5.74) is -2.54. The van der Waals surface area contributed by atoms with Crippen molar-refractivity contribution < 1.29 is 49.1 Å². The third kappa shape index (κ3) is 3.39. The van der Waals surface area contributed by atoms with Crippen LogP contribution < -0.4 is 9.47 Å². The standard InChI is InChI=1S/C18H16O10/c1-3-27-9-5-7(15(19)20)12-11(13(9)17(23)24)8(16(21)22)6-10(28-4-2)14(12)18(25)26/h5-6H,3-4H2,1-2H3,(H,19,20)(H,21,22)(H,23,24)(H,25,26). The van der Waals surface area contributed by atoms with Crippen molar-refractivity contribution in [1.29, 1.82) is 0 Å². The smallest absolute Gasteiger partial charge is 0.340 e. The number of carbonyl (C=O) groups is 4. The fourth-order valence-electron chi connectivity index (χ4n) is 2.89. The fraction of sp³-hybridized carbons (Fsp3) is 0.222. The van der Waals surface area contributed by atoms with Crippen LogP contribution in [-0.2, 0) is 0 Å². The predicted molar refractivity (Wildman–Crippen MR) is 94.1 cm³/mol. The number of carboxylic acid groups (broad SMARTS) is 4. The van der Waals surface area contributed by atoms with Crippen molar-refractivity contribution in [3.8, 4) is 11.5 Å². The molecule has 10 heteroatoms. The molecule has 0 atom stereocenters. The minimum atomic E-state index is -1.60. The Labute approximate surface area is 157 Å². The molecule has 10 nitrogen and oxygen atoms in total. The Morgan fingerprint density at radius 1 is 0.679 bits per heavy atom. The lowest BCUT2D eigenvalue weighted by molar-refractivity contribution is 0.0671. The Hall–Kier alpha value is -3.82. The molecule has 0 fully saturated rings. The number of fused-ring (bicyclic) bond motifs is 1. The number of hydrogen-bond acceptors (Lipinski definition) is 6. The molecule has 2 aromatic rings. The van der Waals surface area contributed by atoms with Crippen LogP contribution in [0.15, 0.2) is 12.1 Å². The molecule has 4 N–H and O–H groups in total. The highest BCUT2D eigenvalue weighted by Gasteiger charge is 2.31. The van der Waals surface area contributed by atoms with E-state index >= 15 is 0 Å². The quantitative estimate of drug-likeness (QED) is 0.523. The molecule has 0 bridgehead atoms. The number of carboxylic acids is 4. The van der Waals surface area contributed by atoms with Crippen LogP contribution in [0.4, 0.5) is 0 Å². The van der Waals surface area contributed by atoms with E-state index in [4.69, 9.17) is 9.47 Å². The van der Waals surface area contributed by atoms with Gasteiger partial charge in [0, 0.05) is 10.8 Å². The summed E-state index contributed by atoms with van der Waals surface area (Å²) in [4.78, 5) is 47.3. The van der Waals surface area contributed by atoms with Crippen LogP contribution >= 0.6 is 0 Å². The van der Waals surface area contributed by atoms with Gasteiger partial charge in [-0.3, -0.25) is 0 Å². The third-order valence-corrected chi connectivity index (χ3v) is 3.82. The third-order valence-electron chi connectivity index (χ3n) is 3.82. The van der Waals surface area contributed by atoms with Gasteiger partial charge in [0.05, 0.1) is 24.3 Å². The van der Waals surface area contributed by atoms with Crippen LogP contribution in [0.3, 0.4) is 0 Å². The summed E-state index contributed by atoms with van der Waals surface area (Å²) in [6.07, 6.45) is 0. The summed E-state index contributed by atoms with van der Waals surface area (Å²) < 4.78 is 10.4. The molecule has 0 aromatic heterocycles. The number of hydrogen-bond donors (Lipinski definition) is 4. The first-order valence-corrected chi connectivity index (χ1v) is 8.02. The summed E-state index contributed by atoms with van der Waals surface area (Å²) >= 11 is 0. The van der Waals surface area contributed by atoms with Gasteiger partial charge >= 0.3 is 23.9 Å². The lowest BCUT2D eigenvalue weighted by Crippen LogP contribution is -2.15. The SMILES string of the molecule is CCOc1cc(C(=O)O)c2c(C(=O)O)c(OCC)cc(C(=O)O)c2c1C(=O)O. The molecular formula is C18H16O10. The lowest BCUT2D eigenvalue weighted by atomic mass is 9.90. The minimum Gasteiger partial charge on any atom is -0.493 e. The van der Waals surface area contributed by atoms with Gasteiger partial charge in [-0.2, -0.15) is 0 Å². The average molecular weight is 392 g/mol. The predicted octanol–water partition coefficient (Wildman–Crippen LogP) is 2.43. The molecule has 0 unspecified atom stereocenters. The van der Waals surface area contributed by atoms with E-state index in [2.05, 4.69) is 0 Å². The van der Waals surface area contributed by atoms with Crippen LogP contribution in [0.1, 0.15) is 55.3 Å². The van der Waals surface area contributed by atoms with Gasteiger partial charge in [-0.15, -0.1) is 0 Å². The zero-order valence-corrected chi connectivity index (χ0v) is 14.8. The lowest BCUT2D eigenvalue weighted by Gasteiger charge is -2.18. The van der Waals surface area contributed by atoms with Crippen LogP contribution in [0, 0.1) is 0 Å². The highest BCUT2D eigenvalue weighted by Crippen LogP contribution is 2.40. The molecule has 148 valence electrons. The van der Waals surface area contributed by atoms with Crippen molar-refractivity contribution in [3.05, 3.63) is 34.4 Å². The monoisotopic (exact) mass is 392 g/mol. The summed E-state index contributed by atoms with van der Waals surface area (Å²) in [5, 5.41) is 37.3. The zero-order valence-electron chi connectivity index (χ0n) is 14.8. The van der Waals surface area contributed by atoms with Crippen molar-refractivity contribution in [3.63, 3.8) is 0 Å². The Bertz CT molecular complexity index is 924. The van der Waals surface area contributed by atoms with E-state index in [1.54, 1.807) is 0 Å². The van der Waals surface area contributed by atoms with Crippen LogP contribution in [0.2, 0.25) is 0 Å². The highest BCUT2D eigenvalue weighted by atomic mass is 16.5. The van der Waals surface area contributed by atoms with E-state index in [1.807, 2.05) is 0 Å². The molecule has 2 rings (SSSR count). The van der Waals surface area contributed by atoms with E-state index < -0.39 is 56.9 Å². The van der Waals surface area contributed by atoms with Crippen molar-refractivity contribution >= 4 is 34.6 Å². The molecular weight excluding hydrogens is 376 g/mol. The summed E-state index contributed by atoms with van der Waals surface area (Å²) in [6.45, 7) is 2.98. The summed E-state index contributed by atoms with van der Waals surface area (Å²) in [7, 11) is 0. The Kier molecular flexibility index (Phi) is 5.73. The molecule has 0 aliphatic carbocycles. The first kappa shape index (κ1) is 20.5. The summed E-state index contributed by atoms with van der Waals surface area (Å²) in [6, 6.07) is 1.73. The zero-order chi connectivity index (χ0) is 21.2. The van der Waals surface area contributed by atoms with Gasteiger partial charge in [0.2, 0.25) is 0 Å². The molecule has 0 radical (unpaired) electrons. The van der Waals surface area contributed by atoms with Crippen LogP contribution in [0.25, 0.3) is 10.8 Å². The average Bonchev–Trinajstić information content (AvgIpc) is 2.59. The molecule has 0 aliphatic heterocycles. The fourth-order valence-corrected chi connectivity index (χ4v) is 2.89. The number of benzene rings is 2. The second-order valence-electron chi connectivity index (χ2n) is 5.43. The maximum atomic E-state index is 11.9. The van der Waals surface area contributed by atoms with Crippen molar-refractivity contribution in [1.82, 2.24) is 0 Å². The molecule has 0 aliphatic rings. The van der Waals surface area contributed by atoms with Crippen molar-refractivity contribution in [2.24, 2.45) is 0 Å². The van der Waals surface area contributed by atoms with Gasteiger partial charge < -0.3 is 29.9 Å². The van der Waals surface area contributed by atoms with E-state index in [-0.39, 0.29) is 24.7 Å². The topological polar surface area (TPSA) is 168 Å². The Morgan fingerprint density at radius 3 is 1.21 bits per heavy atom. The number of aromatic carboxylic acids is 4. The van der Waals surface area contributed by atoms with Gasteiger partial charge in [0.1, 0.15) is 22.6 Å². The molecule has 28 heavy (non-hydrogen) atoms. The van der Waals surface area contributed by atoms with Crippen LogP contribution in [0.5, 0.6) is 11.5 Å². The molecule has 2 aromatic carbocycles. The van der Waals surface area contributed by atoms with Crippen LogP contribution in [-0.4, -0.2) is 57.5 Å². The van der Waals surface area contributed by atoms with E-state index in [1.165, 1.54) is 13.8 Å².